The molecule has 1 atom stereocenters. The first kappa shape index (κ1) is 30.8. The molecule has 0 unspecified atom stereocenters. The predicted octanol–water partition coefficient (Wildman–Crippen LogP) is 5.55. The van der Waals surface area contributed by atoms with Crippen LogP contribution >= 0.6 is 23.2 Å². The number of rotatable bonds is 7. The molecule has 218 valence electrons. The lowest BCUT2D eigenvalue weighted by Crippen LogP contribution is -2.47. The van der Waals surface area contributed by atoms with Gasteiger partial charge < -0.3 is 20.3 Å². The van der Waals surface area contributed by atoms with Crippen LogP contribution in [0.5, 0.6) is 5.75 Å². The first-order valence-electron chi connectivity index (χ1n) is 14.0. The van der Waals surface area contributed by atoms with E-state index in [1.54, 1.807) is 19.1 Å². The van der Waals surface area contributed by atoms with E-state index in [-0.39, 0.29) is 11.8 Å². The van der Waals surface area contributed by atoms with E-state index in [4.69, 9.17) is 33.7 Å². The molecule has 7 nitrogen and oxygen atoms in total. The summed E-state index contributed by atoms with van der Waals surface area (Å²) < 4.78 is 5.87. The topological polar surface area (TPSA) is 79.1 Å². The fraction of sp³-hybridized carbons (Fsp3) is 0.375. The fourth-order valence-electron chi connectivity index (χ4n) is 5.23. The molecule has 0 spiro atoms. The van der Waals surface area contributed by atoms with Crippen molar-refractivity contribution in [2.75, 3.05) is 37.7 Å². The fourth-order valence-corrected chi connectivity index (χ4v) is 5.55. The van der Waals surface area contributed by atoms with Crippen molar-refractivity contribution in [2.45, 2.75) is 45.8 Å². The highest BCUT2D eigenvalue weighted by molar-refractivity contribution is 6.42. The Hall–Kier alpha value is -3.10. The molecule has 0 saturated carbocycles. The lowest BCUT2D eigenvalue weighted by Gasteiger charge is -2.30. The summed E-state index contributed by atoms with van der Waals surface area (Å²) in [4.78, 5) is 32.5. The summed E-state index contributed by atoms with van der Waals surface area (Å²) in [5.74, 6) is 0.673. The number of anilines is 1. The van der Waals surface area contributed by atoms with Crippen molar-refractivity contribution in [2.24, 2.45) is 5.73 Å². The van der Waals surface area contributed by atoms with Crippen LogP contribution in [0.15, 0.2) is 66.7 Å². The third-order valence-electron chi connectivity index (χ3n) is 7.30. The molecule has 1 aliphatic rings. The zero-order valence-electron chi connectivity index (χ0n) is 23.7. The van der Waals surface area contributed by atoms with Gasteiger partial charge in [0.15, 0.2) is 0 Å². The predicted molar refractivity (Wildman–Crippen MR) is 166 cm³/mol. The maximum Gasteiger partial charge on any atom is 0.240 e. The Labute approximate surface area is 252 Å². The Morgan fingerprint density at radius 3 is 2.46 bits per heavy atom. The largest absolute Gasteiger partial charge is 0.494 e. The average molecular weight is 598 g/mol. The summed E-state index contributed by atoms with van der Waals surface area (Å²) in [5.41, 5.74) is 10.2. The number of nitrogens with zero attached hydrogens (tertiary/aromatic N) is 3. The van der Waals surface area contributed by atoms with Gasteiger partial charge in [-0.3, -0.25) is 14.5 Å². The molecule has 2 amide bonds. The van der Waals surface area contributed by atoms with Crippen LogP contribution in [0.2, 0.25) is 10.0 Å². The third-order valence-corrected chi connectivity index (χ3v) is 8.04. The van der Waals surface area contributed by atoms with E-state index in [1.807, 2.05) is 65.3 Å². The third kappa shape index (κ3) is 8.23. The lowest BCUT2D eigenvalue weighted by atomic mass is 10.0. The Morgan fingerprint density at radius 2 is 1.71 bits per heavy atom. The van der Waals surface area contributed by atoms with Gasteiger partial charge in [0.2, 0.25) is 11.8 Å². The van der Waals surface area contributed by atoms with E-state index in [0.717, 1.165) is 41.1 Å². The quantitative estimate of drug-likeness (QED) is 0.387. The summed E-state index contributed by atoms with van der Waals surface area (Å²) in [6, 6.07) is 20.4. The number of carbonyl (C=O) groups excluding carboxylic acids is 2. The van der Waals surface area contributed by atoms with E-state index >= 15 is 0 Å². The van der Waals surface area contributed by atoms with Crippen LogP contribution in [0, 0.1) is 0 Å². The van der Waals surface area contributed by atoms with Gasteiger partial charge in [0.05, 0.1) is 22.7 Å². The monoisotopic (exact) mass is 596 g/mol. The minimum atomic E-state index is -0.763. The summed E-state index contributed by atoms with van der Waals surface area (Å²) in [6.07, 6.45) is 1.12. The van der Waals surface area contributed by atoms with Crippen molar-refractivity contribution in [3.05, 3.63) is 93.5 Å². The molecule has 1 aliphatic heterocycles. The number of carbonyl (C=O) groups is 2. The Balaban J connectivity index is 1.62. The summed E-state index contributed by atoms with van der Waals surface area (Å²) in [7, 11) is 0. The Kier molecular flexibility index (Phi) is 11.1. The second-order valence-electron chi connectivity index (χ2n) is 10.3. The van der Waals surface area contributed by atoms with Crippen molar-refractivity contribution in [3.8, 4) is 5.75 Å². The number of hydrogen-bond donors (Lipinski definition) is 1. The standard InChI is InChI=1S/C32H38Cl2N4O3/c1-3-41-31-12-7-5-10-26(31)21-36-15-8-16-38(23(2)39)30-11-6-4-9-25(30)22-37(18-17-36)32(40)29(35)20-24-13-14-27(33)28(34)19-24/h4-7,9-14,19,29H,3,8,15-18,20-22,35H2,1-2H3/t29-/m0/s1. The molecular formula is C32H38Cl2N4O3. The molecule has 41 heavy (non-hydrogen) atoms. The zero-order valence-corrected chi connectivity index (χ0v) is 25.2. The highest BCUT2D eigenvalue weighted by Crippen LogP contribution is 2.26. The van der Waals surface area contributed by atoms with Crippen molar-refractivity contribution in [3.63, 3.8) is 0 Å². The number of ether oxygens (including phenoxy) is 1. The van der Waals surface area contributed by atoms with Gasteiger partial charge >= 0.3 is 0 Å². The zero-order chi connectivity index (χ0) is 29.4. The second-order valence-corrected chi connectivity index (χ2v) is 11.1. The molecule has 0 aliphatic carbocycles. The molecule has 0 radical (unpaired) electrons. The van der Waals surface area contributed by atoms with Gasteiger partial charge in [-0.2, -0.15) is 0 Å². The number of fused-ring (bicyclic) bond motifs is 1. The number of amides is 2. The number of para-hydroxylation sites is 2. The first-order chi connectivity index (χ1) is 19.8. The van der Waals surface area contributed by atoms with E-state index in [1.165, 1.54) is 0 Å². The number of halogens is 2. The summed E-state index contributed by atoms with van der Waals surface area (Å²) >= 11 is 12.3. The molecule has 3 aromatic carbocycles. The molecule has 2 N–H and O–H groups in total. The lowest BCUT2D eigenvalue weighted by molar-refractivity contribution is -0.133. The highest BCUT2D eigenvalue weighted by atomic mass is 35.5. The molecule has 0 saturated heterocycles. The molecule has 1 heterocycles. The van der Waals surface area contributed by atoms with Crippen molar-refractivity contribution in [1.82, 2.24) is 9.80 Å². The van der Waals surface area contributed by atoms with Gasteiger partial charge in [0.25, 0.3) is 0 Å². The first-order valence-corrected chi connectivity index (χ1v) is 14.8. The van der Waals surface area contributed by atoms with Crippen molar-refractivity contribution >= 4 is 40.7 Å². The summed E-state index contributed by atoms with van der Waals surface area (Å²) in [5, 5.41) is 0.889. The minimum absolute atomic E-state index is 0.0286. The maximum atomic E-state index is 13.9. The van der Waals surface area contributed by atoms with Gasteiger partial charge in [-0.1, -0.05) is 65.7 Å². The average Bonchev–Trinajstić information content (AvgIpc) is 2.99. The Morgan fingerprint density at radius 1 is 0.951 bits per heavy atom. The van der Waals surface area contributed by atoms with Crippen molar-refractivity contribution in [1.29, 1.82) is 0 Å². The van der Waals surface area contributed by atoms with Crippen LogP contribution in [0.4, 0.5) is 5.69 Å². The Bertz CT molecular complexity index is 1350. The van der Waals surface area contributed by atoms with E-state index in [0.29, 0.717) is 55.8 Å². The minimum Gasteiger partial charge on any atom is -0.494 e. The van der Waals surface area contributed by atoms with Gasteiger partial charge in [-0.05, 0) is 55.2 Å². The number of nitrogens with two attached hydrogens (primary N) is 1. The van der Waals surface area contributed by atoms with Crippen molar-refractivity contribution < 1.29 is 14.3 Å². The summed E-state index contributed by atoms with van der Waals surface area (Å²) in [6.45, 7) is 7.63. The van der Waals surface area contributed by atoms with Crippen LogP contribution in [0.3, 0.4) is 0 Å². The number of benzene rings is 3. The molecule has 4 rings (SSSR count). The second kappa shape index (κ2) is 14.7. The van der Waals surface area contributed by atoms with Gasteiger partial charge in [-0.25, -0.2) is 0 Å². The SMILES string of the molecule is CCOc1ccccc1CN1CCCN(C(C)=O)c2ccccc2CN(C(=O)[C@@H](N)Cc2ccc(Cl)c(Cl)c2)CC1. The molecule has 0 bridgehead atoms. The van der Waals surface area contributed by atoms with Crippen LogP contribution in [-0.4, -0.2) is 60.4 Å². The van der Waals surface area contributed by atoms with Gasteiger partial charge in [-0.15, -0.1) is 0 Å². The van der Waals surface area contributed by atoms with E-state index in [9.17, 15) is 9.59 Å². The smallest absolute Gasteiger partial charge is 0.240 e. The van der Waals surface area contributed by atoms with E-state index in [2.05, 4.69) is 11.0 Å². The normalized spacial score (nSPS) is 15.5. The molecule has 9 heteroatoms. The van der Waals surface area contributed by atoms with Crippen LogP contribution in [-0.2, 0) is 29.1 Å². The molecule has 0 aromatic heterocycles. The van der Waals surface area contributed by atoms with E-state index < -0.39 is 6.04 Å². The van der Waals surface area contributed by atoms with Crippen LogP contribution < -0.4 is 15.4 Å². The number of hydrogen-bond acceptors (Lipinski definition) is 5. The van der Waals surface area contributed by atoms with Crippen LogP contribution in [0.1, 0.15) is 37.0 Å². The molecule has 0 fully saturated rings. The molecule has 3 aromatic rings. The van der Waals surface area contributed by atoms with Crippen LogP contribution in [0.25, 0.3) is 0 Å². The maximum absolute atomic E-state index is 13.9. The molecular weight excluding hydrogens is 559 g/mol. The van der Waals surface area contributed by atoms with Gasteiger partial charge in [0.1, 0.15) is 5.75 Å². The van der Waals surface area contributed by atoms with Gasteiger partial charge in [0, 0.05) is 57.4 Å². The highest BCUT2D eigenvalue weighted by Gasteiger charge is 2.26.